The average molecular weight is 237 g/mol. The fraction of sp³-hybridized carbons (Fsp3) is 0.583. The van der Waals surface area contributed by atoms with Crippen molar-refractivity contribution in [3.63, 3.8) is 0 Å². The average Bonchev–Trinajstić information content (AvgIpc) is 2.37. The number of aromatic nitrogens is 1. The van der Waals surface area contributed by atoms with Gasteiger partial charge in [0.25, 0.3) is 0 Å². The third-order valence-electron chi connectivity index (χ3n) is 2.82. The summed E-state index contributed by atoms with van der Waals surface area (Å²) < 4.78 is 10.7. The molecule has 1 atom stereocenters. The van der Waals surface area contributed by atoms with E-state index in [1.165, 1.54) is 0 Å². The molecule has 1 aliphatic heterocycles. The molecular weight excluding hydrogens is 218 g/mol. The molecule has 0 radical (unpaired) electrons. The van der Waals surface area contributed by atoms with Crippen molar-refractivity contribution in [1.29, 1.82) is 0 Å². The molecule has 0 spiro atoms. The third-order valence-corrected chi connectivity index (χ3v) is 2.82. The van der Waals surface area contributed by atoms with Crippen LogP contribution in [-0.2, 0) is 4.74 Å². The Labute approximate surface area is 102 Å². The molecule has 94 valence electrons. The van der Waals surface area contributed by atoms with E-state index in [4.69, 9.17) is 9.47 Å². The predicted octanol–water partition coefficient (Wildman–Crippen LogP) is 0.833. The summed E-state index contributed by atoms with van der Waals surface area (Å²) in [4.78, 5) is 6.34. The van der Waals surface area contributed by atoms with E-state index < -0.39 is 0 Å². The zero-order valence-electron chi connectivity index (χ0n) is 10.3. The Morgan fingerprint density at radius 3 is 3.29 bits per heavy atom. The van der Waals surface area contributed by atoms with Gasteiger partial charge in [-0.25, -0.2) is 4.98 Å². The molecule has 2 heterocycles. The molecule has 0 aromatic carbocycles. The Morgan fingerprint density at radius 1 is 1.65 bits per heavy atom. The number of hydrogen-bond acceptors (Lipinski definition) is 5. The van der Waals surface area contributed by atoms with Gasteiger partial charge in [-0.1, -0.05) is 0 Å². The van der Waals surface area contributed by atoms with E-state index in [9.17, 15) is 0 Å². The first-order valence-electron chi connectivity index (χ1n) is 5.82. The fourth-order valence-electron chi connectivity index (χ4n) is 1.85. The van der Waals surface area contributed by atoms with Gasteiger partial charge in [-0.3, -0.25) is 0 Å². The van der Waals surface area contributed by atoms with Gasteiger partial charge in [0, 0.05) is 37.6 Å². The van der Waals surface area contributed by atoms with E-state index >= 15 is 0 Å². The van der Waals surface area contributed by atoms with E-state index in [-0.39, 0.29) is 6.10 Å². The highest BCUT2D eigenvalue weighted by molar-refractivity contribution is 5.45. The molecule has 1 aliphatic rings. The van der Waals surface area contributed by atoms with E-state index in [0.29, 0.717) is 5.88 Å². The predicted molar refractivity (Wildman–Crippen MR) is 66.5 cm³/mol. The zero-order chi connectivity index (χ0) is 12.1. The summed E-state index contributed by atoms with van der Waals surface area (Å²) >= 11 is 0. The number of anilines is 1. The number of nitrogens with zero attached hydrogens (tertiary/aromatic N) is 2. The minimum Gasteiger partial charge on any atom is -0.481 e. The van der Waals surface area contributed by atoms with Crippen LogP contribution in [0.1, 0.15) is 0 Å². The normalized spacial score (nSPS) is 21.2. The molecule has 0 amide bonds. The number of likely N-dealkylation sites (N-methyl/N-ethyl adjacent to an activating group) is 1. The first kappa shape index (κ1) is 12.1. The molecule has 1 fully saturated rings. The van der Waals surface area contributed by atoms with Crippen molar-refractivity contribution in [3.8, 4) is 5.88 Å². The van der Waals surface area contributed by atoms with Gasteiger partial charge in [-0.05, 0) is 13.1 Å². The molecule has 1 N–H and O–H groups in total. The molecule has 1 saturated heterocycles. The van der Waals surface area contributed by atoms with Crippen LogP contribution in [0, 0.1) is 0 Å². The first-order valence-corrected chi connectivity index (χ1v) is 5.82. The summed E-state index contributed by atoms with van der Waals surface area (Å²) in [6, 6.07) is 3.81. The molecule has 0 aliphatic carbocycles. The minimum absolute atomic E-state index is 0.243. The summed E-state index contributed by atoms with van der Waals surface area (Å²) in [6.07, 6.45) is 1.97. The third kappa shape index (κ3) is 3.57. The highest BCUT2D eigenvalue weighted by Gasteiger charge is 2.17. The van der Waals surface area contributed by atoms with Crippen molar-refractivity contribution < 1.29 is 9.47 Å². The van der Waals surface area contributed by atoms with Crippen molar-refractivity contribution in [3.05, 3.63) is 18.3 Å². The van der Waals surface area contributed by atoms with Gasteiger partial charge in [0.05, 0.1) is 19.8 Å². The van der Waals surface area contributed by atoms with Crippen LogP contribution in [0.25, 0.3) is 0 Å². The summed E-state index contributed by atoms with van der Waals surface area (Å²) in [5, 5.41) is 3.34. The molecule has 1 unspecified atom stereocenters. The van der Waals surface area contributed by atoms with Gasteiger partial charge in [-0.15, -0.1) is 0 Å². The van der Waals surface area contributed by atoms with Gasteiger partial charge < -0.3 is 19.7 Å². The Bertz CT molecular complexity index is 359. The smallest absolute Gasteiger partial charge is 0.214 e. The first-order chi connectivity index (χ1) is 8.28. The maximum atomic E-state index is 5.68. The Balaban J connectivity index is 1.84. The van der Waals surface area contributed by atoms with Crippen LogP contribution in [0.5, 0.6) is 5.88 Å². The largest absolute Gasteiger partial charge is 0.481 e. The highest BCUT2D eigenvalue weighted by Crippen LogP contribution is 2.14. The maximum absolute atomic E-state index is 5.68. The lowest BCUT2D eigenvalue weighted by Gasteiger charge is -2.30. The lowest BCUT2D eigenvalue weighted by Crippen LogP contribution is -2.43. The number of morpholine rings is 1. The van der Waals surface area contributed by atoms with E-state index in [1.807, 2.05) is 12.1 Å². The molecule has 0 saturated carbocycles. The van der Waals surface area contributed by atoms with Crippen LogP contribution >= 0.6 is 0 Å². The fourth-order valence-corrected chi connectivity index (χ4v) is 1.85. The molecular formula is C12H19N3O2. The topological polar surface area (TPSA) is 46.6 Å². The Hall–Kier alpha value is -1.33. The summed E-state index contributed by atoms with van der Waals surface area (Å²) in [7, 11) is 3.73. The van der Waals surface area contributed by atoms with Crippen LogP contribution in [0.15, 0.2) is 18.3 Å². The van der Waals surface area contributed by atoms with Crippen LogP contribution in [0.2, 0.25) is 0 Å². The van der Waals surface area contributed by atoms with Crippen LogP contribution in [0.4, 0.5) is 5.69 Å². The van der Waals surface area contributed by atoms with Crippen LogP contribution in [-0.4, -0.2) is 56.4 Å². The quantitative estimate of drug-likeness (QED) is 0.840. The van der Waals surface area contributed by atoms with Crippen LogP contribution < -0.4 is 10.1 Å². The van der Waals surface area contributed by atoms with Crippen molar-refractivity contribution in [2.24, 2.45) is 0 Å². The molecule has 5 nitrogen and oxygen atoms in total. The number of rotatable bonds is 4. The SMILES string of the molecule is COc1cc(NCC2CN(C)CCO2)ccn1. The van der Waals surface area contributed by atoms with Gasteiger partial charge >= 0.3 is 0 Å². The summed E-state index contributed by atoms with van der Waals surface area (Å²) in [5.41, 5.74) is 1.01. The van der Waals surface area contributed by atoms with Crippen LogP contribution in [0.3, 0.4) is 0 Å². The Kier molecular flexibility index (Phi) is 4.17. The molecule has 0 bridgehead atoms. The molecule has 1 aromatic rings. The number of hydrogen-bond donors (Lipinski definition) is 1. The number of pyridine rings is 1. The monoisotopic (exact) mass is 237 g/mol. The molecule has 5 heteroatoms. The Morgan fingerprint density at radius 2 is 2.53 bits per heavy atom. The van der Waals surface area contributed by atoms with Crippen molar-refractivity contribution in [2.75, 3.05) is 45.7 Å². The standard InChI is InChI=1S/C12H19N3O2/c1-15-5-6-17-11(9-15)8-14-10-3-4-13-12(7-10)16-2/h3-4,7,11H,5-6,8-9H2,1-2H3,(H,13,14). The van der Waals surface area contributed by atoms with Crippen molar-refractivity contribution >= 4 is 5.69 Å². The van der Waals surface area contributed by atoms with Gasteiger partial charge in [0.15, 0.2) is 0 Å². The van der Waals surface area contributed by atoms with E-state index in [2.05, 4.69) is 22.2 Å². The molecule has 2 rings (SSSR count). The lowest BCUT2D eigenvalue weighted by atomic mass is 10.2. The minimum atomic E-state index is 0.243. The van der Waals surface area contributed by atoms with E-state index in [1.54, 1.807) is 13.3 Å². The highest BCUT2D eigenvalue weighted by atomic mass is 16.5. The molecule has 17 heavy (non-hydrogen) atoms. The second-order valence-electron chi connectivity index (χ2n) is 4.22. The van der Waals surface area contributed by atoms with Crippen molar-refractivity contribution in [1.82, 2.24) is 9.88 Å². The molecule has 1 aromatic heterocycles. The van der Waals surface area contributed by atoms with Crippen molar-refractivity contribution in [2.45, 2.75) is 6.10 Å². The number of methoxy groups -OCH3 is 1. The lowest BCUT2D eigenvalue weighted by molar-refractivity contribution is -0.0117. The second-order valence-corrected chi connectivity index (χ2v) is 4.22. The second kappa shape index (κ2) is 5.84. The number of nitrogens with one attached hydrogen (secondary N) is 1. The van der Waals surface area contributed by atoms with Gasteiger partial charge in [-0.2, -0.15) is 0 Å². The van der Waals surface area contributed by atoms with Gasteiger partial charge in [0.1, 0.15) is 0 Å². The maximum Gasteiger partial charge on any atom is 0.214 e. The summed E-state index contributed by atoms with van der Waals surface area (Å²) in [6.45, 7) is 3.59. The zero-order valence-corrected chi connectivity index (χ0v) is 10.3. The van der Waals surface area contributed by atoms with E-state index in [0.717, 1.165) is 31.9 Å². The summed E-state index contributed by atoms with van der Waals surface area (Å²) in [5.74, 6) is 0.622. The number of ether oxygens (including phenoxy) is 2. The van der Waals surface area contributed by atoms with Gasteiger partial charge in [0.2, 0.25) is 5.88 Å².